The zero-order chi connectivity index (χ0) is 19.2. The third-order valence-corrected chi connectivity index (χ3v) is 3.86. The number of rotatable bonds is 5. The number of ether oxygens (including phenoxy) is 1. The molecule has 25 heavy (non-hydrogen) atoms. The van der Waals surface area contributed by atoms with Gasteiger partial charge in [0.05, 0.1) is 18.7 Å². The third kappa shape index (κ3) is 7.50. The van der Waals surface area contributed by atoms with Crippen molar-refractivity contribution in [2.75, 3.05) is 51.8 Å². The number of carbonyl (C=O) groups excluding carboxylic acids is 1. The van der Waals surface area contributed by atoms with Crippen molar-refractivity contribution in [1.29, 1.82) is 0 Å². The number of nitrogens with zero attached hydrogens (tertiary/aromatic N) is 2. The molecule has 1 aromatic rings. The molecule has 144 valence electrons. The molecule has 6 nitrogen and oxygen atoms in total. The molecule has 1 aromatic carbocycles. The van der Waals surface area contributed by atoms with Gasteiger partial charge in [-0.15, -0.1) is 0 Å². The standard InChI is InChI=1S/C14H21ClN4O2.2C2H6/c1-16-17-10-14(20)19-7-5-18(6-8-19)11-3-4-12(15)13(9-11)21-2;2*1-2/h3-4,9,16-17H,5-8,10H2,1-2H3;2*1-2H3. The molecule has 1 heterocycles. The number of hydrazine groups is 1. The largest absolute Gasteiger partial charge is 0.495 e. The van der Waals surface area contributed by atoms with E-state index in [0.717, 1.165) is 31.9 Å². The maximum absolute atomic E-state index is 11.9. The van der Waals surface area contributed by atoms with Crippen LogP contribution in [0.1, 0.15) is 27.7 Å². The Bertz CT molecular complexity index is 492. The van der Waals surface area contributed by atoms with Gasteiger partial charge in [0, 0.05) is 37.9 Å². The minimum atomic E-state index is 0.109. The first-order valence-electron chi connectivity index (χ1n) is 8.91. The molecule has 0 bridgehead atoms. The number of anilines is 1. The van der Waals surface area contributed by atoms with Gasteiger partial charge in [-0.3, -0.25) is 10.2 Å². The van der Waals surface area contributed by atoms with Crippen LogP contribution in [0.2, 0.25) is 5.02 Å². The summed E-state index contributed by atoms with van der Waals surface area (Å²) in [6.07, 6.45) is 0. The summed E-state index contributed by atoms with van der Waals surface area (Å²) in [5.41, 5.74) is 6.65. The van der Waals surface area contributed by atoms with Crippen molar-refractivity contribution in [3.8, 4) is 5.75 Å². The molecule has 0 radical (unpaired) electrons. The van der Waals surface area contributed by atoms with Gasteiger partial charge in [0.15, 0.2) is 0 Å². The number of hydrogen-bond acceptors (Lipinski definition) is 5. The Morgan fingerprint density at radius 2 is 1.76 bits per heavy atom. The zero-order valence-electron chi connectivity index (χ0n) is 16.4. The number of carbonyl (C=O) groups is 1. The van der Waals surface area contributed by atoms with E-state index in [4.69, 9.17) is 16.3 Å². The highest BCUT2D eigenvalue weighted by atomic mass is 35.5. The Hall–Kier alpha value is -1.50. The lowest BCUT2D eigenvalue weighted by atomic mass is 10.2. The van der Waals surface area contributed by atoms with Crippen LogP contribution < -0.4 is 20.5 Å². The Balaban J connectivity index is 0.00000134. The van der Waals surface area contributed by atoms with Gasteiger partial charge in [-0.25, -0.2) is 5.43 Å². The van der Waals surface area contributed by atoms with Gasteiger partial charge in [0.25, 0.3) is 0 Å². The van der Waals surface area contributed by atoms with E-state index in [1.165, 1.54) is 0 Å². The zero-order valence-corrected chi connectivity index (χ0v) is 17.1. The second kappa shape index (κ2) is 13.8. The third-order valence-electron chi connectivity index (χ3n) is 3.55. The van der Waals surface area contributed by atoms with Gasteiger partial charge >= 0.3 is 0 Å². The number of amides is 1. The molecule has 1 aliphatic rings. The van der Waals surface area contributed by atoms with Gasteiger partial charge in [-0.2, -0.15) is 0 Å². The molecule has 1 fully saturated rings. The van der Waals surface area contributed by atoms with Crippen LogP contribution in [0.3, 0.4) is 0 Å². The van der Waals surface area contributed by atoms with E-state index < -0.39 is 0 Å². The molecule has 0 saturated carbocycles. The Morgan fingerprint density at radius 3 is 2.28 bits per heavy atom. The number of halogens is 1. The highest BCUT2D eigenvalue weighted by molar-refractivity contribution is 6.32. The molecule has 0 unspecified atom stereocenters. The van der Waals surface area contributed by atoms with Gasteiger partial charge in [-0.05, 0) is 19.2 Å². The first-order chi connectivity index (χ1) is 12.2. The Kier molecular flexibility index (Phi) is 12.9. The number of hydrogen-bond donors (Lipinski definition) is 2. The Morgan fingerprint density at radius 1 is 1.16 bits per heavy atom. The fourth-order valence-corrected chi connectivity index (χ4v) is 2.53. The van der Waals surface area contributed by atoms with E-state index in [-0.39, 0.29) is 5.91 Å². The molecular formula is C18H33ClN4O2. The molecular weight excluding hydrogens is 340 g/mol. The minimum absolute atomic E-state index is 0.109. The first kappa shape index (κ1) is 23.5. The molecule has 2 N–H and O–H groups in total. The van der Waals surface area contributed by atoms with E-state index in [9.17, 15) is 4.79 Å². The number of benzene rings is 1. The van der Waals surface area contributed by atoms with Crippen molar-refractivity contribution < 1.29 is 9.53 Å². The van der Waals surface area contributed by atoms with Crippen LogP contribution in [0.4, 0.5) is 5.69 Å². The predicted molar refractivity (Wildman–Crippen MR) is 107 cm³/mol. The van der Waals surface area contributed by atoms with Gasteiger partial charge < -0.3 is 14.5 Å². The molecule has 0 aromatic heterocycles. The van der Waals surface area contributed by atoms with Crippen molar-refractivity contribution in [3.63, 3.8) is 0 Å². The summed E-state index contributed by atoms with van der Waals surface area (Å²) in [4.78, 5) is 16.0. The van der Waals surface area contributed by atoms with Crippen LogP contribution in [0.15, 0.2) is 18.2 Å². The van der Waals surface area contributed by atoms with E-state index in [1.807, 2.05) is 50.8 Å². The van der Waals surface area contributed by atoms with E-state index in [1.54, 1.807) is 14.2 Å². The van der Waals surface area contributed by atoms with Crippen LogP contribution in [-0.2, 0) is 4.79 Å². The molecule has 0 atom stereocenters. The lowest BCUT2D eigenvalue weighted by Crippen LogP contribution is -2.51. The van der Waals surface area contributed by atoms with Gasteiger partial charge in [0.2, 0.25) is 5.91 Å². The summed E-state index contributed by atoms with van der Waals surface area (Å²) in [5.74, 6) is 0.781. The fraction of sp³-hybridized carbons (Fsp3) is 0.611. The van der Waals surface area contributed by atoms with Crippen LogP contribution >= 0.6 is 11.6 Å². The lowest BCUT2D eigenvalue weighted by molar-refractivity contribution is -0.130. The average molecular weight is 373 g/mol. The quantitative estimate of drug-likeness (QED) is 0.778. The maximum Gasteiger partial charge on any atom is 0.238 e. The lowest BCUT2D eigenvalue weighted by Gasteiger charge is -2.36. The summed E-state index contributed by atoms with van der Waals surface area (Å²) >= 11 is 6.04. The molecule has 1 aliphatic heterocycles. The second-order valence-electron chi connectivity index (χ2n) is 4.79. The van der Waals surface area contributed by atoms with Crippen molar-refractivity contribution in [2.24, 2.45) is 0 Å². The normalized spacial score (nSPS) is 13.2. The monoisotopic (exact) mass is 372 g/mol. The fourth-order valence-electron chi connectivity index (χ4n) is 2.34. The average Bonchev–Trinajstić information content (AvgIpc) is 2.69. The Labute approximate surface area is 157 Å². The van der Waals surface area contributed by atoms with Gasteiger partial charge in [-0.1, -0.05) is 39.3 Å². The molecule has 2 rings (SSSR count). The number of nitrogens with one attached hydrogen (secondary N) is 2. The van der Waals surface area contributed by atoms with Crippen molar-refractivity contribution in [3.05, 3.63) is 23.2 Å². The molecule has 0 aliphatic carbocycles. The summed E-state index contributed by atoms with van der Waals surface area (Å²) in [6.45, 7) is 11.3. The van der Waals surface area contributed by atoms with Crippen LogP contribution in [0, 0.1) is 0 Å². The van der Waals surface area contributed by atoms with Crippen molar-refractivity contribution in [1.82, 2.24) is 15.8 Å². The predicted octanol–water partition coefficient (Wildman–Crippen LogP) is 2.77. The second-order valence-corrected chi connectivity index (χ2v) is 5.20. The summed E-state index contributed by atoms with van der Waals surface area (Å²) in [5, 5.41) is 0.605. The minimum Gasteiger partial charge on any atom is -0.495 e. The van der Waals surface area contributed by atoms with Crippen molar-refractivity contribution >= 4 is 23.2 Å². The van der Waals surface area contributed by atoms with Crippen LogP contribution in [-0.4, -0.2) is 57.7 Å². The van der Waals surface area contributed by atoms with Crippen LogP contribution in [0.5, 0.6) is 5.75 Å². The smallest absolute Gasteiger partial charge is 0.238 e. The topological polar surface area (TPSA) is 56.8 Å². The van der Waals surface area contributed by atoms with Crippen LogP contribution in [0.25, 0.3) is 0 Å². The highest BCUT2D eigenvalue weighted by Crippen LogP contribution is 2.29. The molecule has 7 heteroatoms. The maximum atomic E-state index is 11.9. The van der Waals surface area contributed by atoms with Crippen molar-refractivity contribution in [2.45, 2.75) is 27.7 Å². The molecule has 1 saturated heterocycles. The summed E-state index contributed by atoms with van der Waals surface area (Å²) in [6, 6.07) is 5.75. The first-order valence-corrected chi connectivity index (χ1v) is 9.29. The van der Waals surface area contributed by atoms with E-state index in [0.29, 0.717) is 17.3 Å². The summed E-state index contributed by atoms with van der Waals surface area (Å²) in [7, 11) is 3.36. The SMILES string of the molecule is CC.CC.CNNCC(=O)N1CCN(c2ccc(Cl)c(OC)c2)CC1. The van der Waals surface area contributed by atoms with Gasteiger partial charge in [0.1, 0.15) is 5.75 Å². The highest BCUT2D eigenvalue weighted by Gasteiger charge is 2.21. The molecule has 0 spiro atoms. The number of piperazine rings is 1. The number of methoxy groups -OCH3 is 1. The van der Waals surface area contributed by atoms with E-state index >= 15 is 0 Å². The van der Waals surface area contributed by atoms with E-state index in [2.05, 4.69) is 15.8 Å². The molecule has 1 amide bonds. The summed E-state index contributed by atoms with van der Waals surface area (Å²) < 4.78 is 5.24.